The third-order valence-electron chi connectivity index (χ3n) is 4.47. The number of hydrogen-bond acceptors (Lipinski definition) is 2. The summed E-state index contributed by atoms with van der Waals surface area (Å²) in [5.74, 6) is 0.821. The molecule has 2 aliphatic rings. The van der Waals surface area contributed by atoms with Gasteiger partial charge in [0.2, 0.25) is 0 Å². The van der Waals surface area contributed by atoms with Gasteiger partial charge in [0.05, 0.1) is 11.1 Å². The Bertz CT molecular complexity index is 481. The smallest absolute Gasteiger partial charge is 0.135 e. The van der Waals surface area contributed by atoms with Gasteiger partial charge in [0.15, 0.2) is 0 Å². The van der Waals surface area contributed by atoms with Gasteiger partial charge >= 0.3 is 0 Å². The van der Waals surface area contributed by atoms with Crippen LogP contribution in [-0.2, 0) is 6.42 Å². The Hall–Kier alpha value is -0.440. The van der Waals surface area contributed by atoms with Crippen molar-refractivity contribution >= 4 is 23.2 Å². The lowest BCUT2D eigenvalue weighted by atomic mass is 9.87. The minimum Gasteiger partial charge on any atom is -0.506 e. The van der Waals surface area contributed by atoms with E-state index in [1.807, 2.05) is 0 Å². The van der Waals surface area contributed by atoms with Crippen LogP contribution in [0.5, 0.6) is 5.75 Å². The first kappa shape index (κ1) is 12.6. The Morgan fingerprint density at radius 1 is 1.11 bits per heavy atom. The summed E-state index contributed by atoms with van der Waals surface area (Å²) in [7, 11) is 0. The molecule has 1 saturated carbocycles. The van der Waals surface area contributed by atoms with Crippen LogP contribution < -0.4 is 0 Å². The second-order valence-corrected chi connectivity index (χ2v) is 6.21. The normalized spacial score (nSPS) is 27.7. The summed E-state index contributed by atoms with van der Waals surface area (Å²) in [4.78, 5) is 0. The molecule has 3 rings (SSSR count). The van der Waals surface area contributed by atoms with Crippen molar-refractivity contribution in [3.8, 4) is 5.75 Å². The number of phenolic OH excluding ortho intramolecular Hbond substituents is 1. The zero-order valence-corrected chi connectivity index (χ0v) is 11.5. The molecule has 2 nitrogen and oxygen atoms in total. The van der Waals surface area contributed by atoms with Crippen LogP contribution >= 0.6 is 23.2 Å². The van der Waals surface area contributed by atoms with Crippen LogP contribution in [0.1, 0.15) is 42.9 Å². The maximum Gasteiger partial charge on any atom is 0.135 e. The zero-order chi connectivity index (χ0) is 12.9. The monoisotopic (exact) mass is 286 g/mol. The van der Waals surface area contributed by atoms with Gasteiger partial charge in [0.1, 0.15) is 10.8 Å². The minimum absolute atomic E-state index is 0.0136. The van der Waals surface area contributed by atoms with Gasteiger partial charge in [-0.15, -0.1) is 0 Å². The molecule has 2 atom stereocenters. The molecule has 2 aliphatic carbocycles. The third kappa shape index (κ3) is 1.82. The lowest BCUT2D eigenvalue weighted by molar-refractivity contribution is 0.0882. The lowest BCUT2D eigenvalue weighted by Crippen LogP contribution is -2.16. The van der Waals surface area contributed by atoms with Crippen LogP contribution in [0.2, 0.25) is 10.0 Å². The SMILES string of the molecule is Oc1cc2c(c(Cl)c1Cl)C(O)C(C1CCCC1)C2. The Balaban J connectivity index is 1.98. The fourth-order valence-corrected chi connectivity index (χ4v) is 4.04. The third-order valence-corrected chi connectivity index (χ3v) is 5.35. The van der Waals surface area contributed by atoms with E-state index in [4.69, 9.17) is 23.2 Å². The van der Waals surface area contributed by atoms with E-state index in [1.54, 1.807) is 6.07 Å². The van der Waals surface area contributed by atoms with Gasteiger partial charge in [-0.3, -0.25) is 0 Å². The van der Waals surface area contributed by atoms with Gasteiger partial charge in [-0.05, 0) is 29.9 Å². The molecule has 0 heterocycles. The molecule has 0 amide bonds. The maximum atomic E-state index is 10.5. The van der Waals surface area contributed by atoms with E-state index in [1.165, 1.54) is 25.7 Å². The first-order valence-electron chi connectivity index (χ1n) is 6.47. The largest absolute Gasteiger partial charge is 0.506 e. The van der Waals surface area contributed by atoms with Crippen molar-refractivity contribution in [2.75, 3.05) is 0 Å². The topological polar surface area (TPSA) is 40.5 Å². The average molecular weight is 287 g/mol. The molecule has 1 fully saturated rings. The number of aromatic hydroxyl groups is 1. The van der Waals surface area contributed by atoms with Crippen molar-refractivity contribution in [1.29, 1.82) is 0 Å². The quantitative estimate of drug-likeness (QED) is 0.816. The predicted octanol–water partition coefficient (Wildman–Crippen LogP) is 4.09. The minimum atomic E-state index is -0.534. The van der Waals surface area contributed by atoms with Crippen molar-refractivity contribution < 1.29 is 10.2 Å². The molecule has 1 aromatic rings. The van der Waals surface area contributed by atoms with Crippen molar-refractivity contribution in [3.05, 3.63) is 27.2 Å². The summed E-state index contributed by atoms with van der Waals surface area (Å²) in [6, 6.07) is 1.65. The molecule has 98 valence electrons. The van der Waals surface area contributed by atoms with Gasteiger partial charge in [0, 0.05) is 5.56 Å². The van der Waals surface area contributed by atoms with Gasteiger partial charge in [0.25, 0.3) is 0 Å². The predicted molar refractivity (Wildman–Crippen MR) is 72.2 cm³/mol. The molecule has 0 bridgehead atoms. The van der Waals surface area contributed by atoms with Crippen molar-refractivity contribution in [3.63, 3.8) is 0 Å². The van der Waals surface area contributed by atoms with E-state index in [2.05, 4.69) is 0 Å². The van der Waals surface area contributed by atoms with Crippen LogP contribution in [0.4, 0.5) is 0 Å². The van der Waals surface area contributed by atoms with Crippen molar-refractivity contribution in [2.24, 2.45) is 11.8 Å². The fraction of sp³-hybridized carbons (Fsp3) is 0.571. The van der Waals surface area contributed by atoms with Crippen LogP contribution in [0.15, 0.2) is 6.07 Å². The second kappa shape index (κ2) is 4.59. The second-order valence-electron chi connectivity index (χ2n) is 5.45. The van der Waals surface area contributed by atoms with Gasteiger partial charge in [-0.2, -0.15) is 0 Å². The molecule has 4 heteroatoms. The lowest BCUT2D eigenvalue weighted by Gasteiger charge is -2.22. The van der Waals surface area contributed by atoms with E-state index in [0.717, 1.165) is 17.5 Å². The van der Waals surface area contributed by atoms with E-state index < -0.39 is 6.10 Å². The van der Waals surface area contributed by atoms with Crippen molar-refractivity contribution in [2.45, 2.75) is 38.2 Å². The van der Waals surface area contributed by atoms with Gasteiger partial charge in [-0.25, -0.2) is 0 Å². The highest BCUT2D eigenvalue weighted by Gasteiger charge is 2.39. The molecule has 0 radical (unpaired) electrons. The standard InChI is InChI=1S/C14H16Cl2O2/c15-12-10(17)6-8-5-9(7-3-1-2-4-7)14(18)11(8)13(12)16/h6-7,9,14,17-18H,1-5H2. The van der Waals surface area contributed by atoms with Crippen molar-refractivity contribution in [1.82, 2.24) is 0 Å². The summed E-state index contributed by atoms with van der Waals surface area (Å²) in [6.45, 7) is 0. The Kier molecular flexibility index (Phi) is 3.21. The molecule has 0 spiro atoms. The molecule has 2 N–H and O–H groups in total. The summed E-state index contributed by atoms with van der Waals surface area (Å²) in [5, 5.41) is 20.7. The molecule has 18 heavy (non-hydrogen) atoms. The van der Waals surface area contributed by atoms with E-state index in [-0.39, 0.29) is 16.7 Å². The number of phenols is 1. The molecular formula is C14H16Cl2O2. The molecule has 2 unspecified atom stereocenters. The molecule has 0 aliphatic heterocycles. The molecule has 1 aromatic carbocycles. The molecule has 0 aromatic heterocycles. The summed E-state index contributed by atoms with van der Waals surface area (Å²) >= 11 is 12.1. The molecular weight excluding hydrogens is 271 g/mol. The van der Waals surface area contributed by atoms with Crippen LogP contribution in [0.3, 0.4) is 0 Å². The maximum absolute atomic E-state index is 10.5. The number of fused-ring (bicyclic) bond motifs is 1. The highest BCUT2D eigenvalue weighted by atomic mass is 35.5. The number of aliphatic hydroxyl groups is 1. The highest BCUT2D eigenvalue weighted by Crippen LogP contribution is 2.50. The van der Waals surface area contributed by atoms with Gasteiger partial charge in [-0.1, -0.05) is 48.9 Å². The van der Waals surface area contributed by atoms with E-state index in [9.17, 15) is 10.2 Å². The Morgan fingerprint density at radius 3 is 2.44 bits per heavy atom. The Labute approximate surface area is 117 Å². The fourth-order valence-electron chi connectivity index (χ4n) is 3.56. The number of aliphatic hydroxyl groups excluding tert-OH is 1. The van der Waals surface area contributed by atoms with Crippen LogP contribution in [0.25, 0.3) is 0 Å². The highest BCUT2D eigenvalue weighted by molar-refractivity contribution is 6.43. The van der Waals surface area contributed by atoms with E-state index in [0.29, 0.717) is 10.9 Å². The van der Waals surface area contributed by atoms with Gasteiger partial charge < -0.3 is 10.2 Å². The number of rotatable bonds is 1. The Morgan fingerprint density at radius 2 is 1.78 bits per heavy atom. The summed E-state index contributed by atoms with van der Waals surface area (Å²) < 4.78 is 0. The van der Waals surface area contributed by atoms with Crippen LogP contribution in [0, 0.1) is 11.8 Å². The number of benzene rings is 1. The van der Waals surface area contributed by atoms with E-state index >= 15 is 0 Å². The first-order chi connectivity index (χ1) is 8.59. The van der Waals surface area contributed by atoms with Crippen LogP contribution in [-0.4, -0.2) is 10.2 Å². The first-order valence-corrected chi connectivity index (χ1v) is 7.23. The average Bonchev–Trinajstić information content (AvgIpc) is 2.94. The summed E-state index contributed by atoms with van der Waals surface area (Å²) in [6.07, 6.45) is 5.15. The summed E-state index contributed by atoms with van der Waals surface area (Å²) in [5.41, 5.74) is 1.68. The number of halogens is 2. The molecule has 0 saturated heterocycles. The zero-order valence-electron chi connectivity index (χ0n) is 10.00. The number of hydrogen-bond donors (Lipinski definition) is 2.